The fraction of sp³-hybridized carbons (Fsp3) is 0.667. The van der Waals surface area contributed by atoms with Crippen LogP contribution < -0.4 is 5.32 Å². The van der Waals surface area contributed by atoms with Crippen LogP contribution in [0.15, 0.2) is 24.5 Å². The predicted octanol–water partition coefficient (Wildman–Crippen LogP) is 1.84. The van der Waals surface area contributed by atoms with Crippen LogP contribution in [0.1, 0.15) is 32.4 Å². The molecule has 1 aromatic rings. The smallest absolute Gasteiger partial charge is 0.0827 e. The zero-order valence-corrected chi connectivity index (χ0v) is 12.2. The van der Waals surface area contributed by atoms with Gasteiger partial charge in [-0.25, -0.2) is 0 Å². The van der Waals surface area contributed by atoms with Gasteiger partial charge in [0.2, 0.25) is 0 Å². The standard InChI is InChI=1S/C15H25N3O/c1-12(2)18-8-9-19-15(11-18)10-17-13(3)14-4-6-16-7-5-14/h4-7,12-13,15,17H,8-11H2,1-3H3/t13-,15?/m1/s1. The summed E-state index contributed by atoms with van der Waals surface area (Å²) >= 11 is 0. The van der Waals surface area contributed by atoms with Gasteiger partial charge in [-0.2, -0.15) is 0 Å². The Bertz CT molecular complexity index is 369. The number of morpholine rings is 1. The number of pyridine rings is 1. The third-order valence-corrected chi connectivity index (χ3v) is 3.76. The van der Waals surface area contributed by atoms with Crippen molar-refractivity contribution in [3.63, 3.8) is 0 Å². The Morgan fingerprint density at radius 2 is 2.11 bits per heavy atom. The normalized spacial score (nSPS) is 22.6. The monoisotopic (exact) mass is 263 g/mol. The molecule has 1 unspecified atom stereocenters. The van der Waals surface area contributed by atoms with E-state index in [4.69, 9.17) is 4.74 Å². The Balaban J connectivity index is 1.79. The van der Waals surface area contributed by atoms with Gasteiger partial charge in [-0.05, 0) is 38.5 Å². The highest BCUT2D eigenvalue weighted by atomic mass is 16.5. The molecule has 0 spiro atoms. The lowest BCUT2D eigenvalue weighted by molar-refractivity contribution is -0.0379. The highest BCUT2D eigenvalue weighted by molar-refractivity contribution is 5.13. The van der Waals surface area contributed by atoms with Gasteiger partial charge in [-0.15, -0.1) is 0 Å². The van der Waals surface area contributed by atoms with Gasteiger partial charge in [0.1, 0.15) is 0 Å². The van der Waals surface area contributed by atoms with Crippen molar-refractivity contribution < 1.29 is 4.74 Å². The molecular weight excluding hydrogens is 238 g/mol. The largest absolute Gasteiger partial charge is 0.374 e. The fourth-order valence-electron chi connectivity index (χ4n) is 2.41. The van der Waals surface area contributed by atoms with Crippen molar-refractivity contribution in [3.05, 3.63) is 30.1 Å². The van der Waals surface area contributed by atoms with Crippen molar-refractivity contribution in [1.82, 2.24) is 15.2 Å². The maximum atomic E-state index is 5.83. The highest BCUT2D eigenvalue weighted by Crippen LogP contribution is 2.12. The van der Waals surface area contributed by atoms with Gasteiger partial charge in [-0.1, -0.05) is 0 Å². The molecule has 0 radical (unpaired) electrons. The number of rotatable bonds is 5. The quantitative estimate of drug-likeness (QED) is 0.879. The molecule has 1 aliphatic heterocycles. The zero-order chi connectivity index (χ0) is 13.7. The number of hydrogen-bond acceptors (Lipinski definition) is 4. The summed E-state index contributed by atoms with van der Waals surface area (Å²) in [6, 6.07) is 5.05. The van der Waals surface area contributed by atoms with Gasteiger partial charge in [0.05, 0.1) is 12.7 Å². The van der Waals surface area contributed by atoms with Crippen LogP contribution in [0, 0.1) is 0 Å². The van der Waals surface area contributed by atoms with Gasteiger partial charge >= 0.3 is 0 Å². The summed E-state index contributed by atoms with van der Waals surface area (Å²) in [6.07, 6.45) is 3.97. The minimum Gasteiger partial charge on any atom is -0.374 e. The average Bonchev–Trinajstić information content (AvgIpc) is 2.46. The van der Waals surface area contributed by atoms with Crippen LogP contribution >= 0.6 is 0 Å². The SMILES string of the molecule is CC(C)N1CCOC(CN[C@H](C)c2ccncc2)C1. The molecule has 1 saturated heterocycles. The van der Waals surface area contributed by atoms with E-state index >= 15 is 0 Å². The number of ether oxygens (including phenoxy) is 1. The summed E-state index contributed by atoms with van der Waals surface area (Å²) in [7, 11) is 0. The third-order valence-electron chi connectivity index (χ3n) is 3.76. The molecular formula is C15H25N3O. The van der Waals surface area contributed by atoms with E-state index in [-0.39, 0.29) is 0 Å². The van der Waals surface area contributed by atoms with Crippen molar-refractivity contribution in [2.24, 2.45) is 0 Å². The molecule has 0 aliphatic carbocycles. The molecule has 1 fully saturated rings. The average molecular weight is 263 g/mol. The van der Waals surface area contributed by atoms with Crippen LogP contribution in [-0.2, 0) is 4.74 Å². The van der Waals surface area contributed by atoms with E-state index in [1.54, 1.807) is 0 Å². The first kappa shape index (κ1) is 14.4. The van der Waals surface area contributed by atoms with Crippen LogP contribution in [0.2, 0.25) is 0 Å². The van der Waals surface area contributed by atoms with Gasteiger partial charge in [0, 0.05) is 44.1 Å². The van der Waals surface area contributed by atoms with Gasteiger partial charge < -0.3 is 10.1 Å². The second-order valence-corrected chi connectivity index (χ2v) is 5.49. The maximum Gasteiger partial charge on any atom is 0.0827 e. The van der Waals surface area contributed by atoms with E-state index in [9.17, 15) is 0 Å². The molecule has 19 heavy (non-hydrogen) atoms. The predicted molar refractivity (Wildman–Crippen MR) is 77.1 cm³/mol. The maximum absolute atomic E-state index is 5.83. The molecule has 0 saturated carbocycles. The second kappa shape index (κ2) is 6.98. The first-order valence-corrected chi connectivity index (χ1v) is 7.15. The summed E-state index contributed by atoms with van der Waals surface area (Å²) in [6.45, 7) is 10.5. The molecule has 4 nitrogen and oxygen atoms in total. The van der Waals surface area contributed by atoms with Crippen LogP contribution in [0.4, 0.5) is 0 Å². The molecule has 1 aliphatic rings. The van der Waals surface area contributed by atoms with E-state index in [2.05, 4.69) is 48.1 Å². The highest BCUT2D eigenvalue weighted by Gasteiger charge is 2.22. The van der Waals surface area contributed by atoms with Crippen LogP contribution in [0.25, 0.3) is 0 Å². The lowest BCUT2D eigenvalue weighted by Gasteiger charge is -2.36. The summed E-state index contributed by atoms with van der Waals surface area (Å²) < 4.78 is 5.83. The van der Waals surface area contributed by atoms with Crippen molar-refractivity contribution in [1.29, 1.82) is 0 Å². The Hall–Kier alpha value is -0.970. The van der Waals surface area contributed by atoms with Crippen molar-refractivity contribution in [2.75, 3.05) is 26.2 Å². The molecule has 1 aromatic heterocycles. The Kier molecular flexibility index (Phi) is 5.31. The third kappa shape index (κ3) is 4.27. The molecule has 4 heteroatoms. The van der Waals surface area contributed by atoms with Gasteiger partial charge in [0.25, 0.3) is 0 Å². The number of nitrogens with zero attached hydrogens (tertiary/aromatic N) is 2. The first-order chi connectivity index (χ1) is 9.16. The number of nitrogens with one attached hydrogen (secondary N) is 1. The van der Waals surface area contributed by atoms with E-state index in [1.807, 2.05) is 12.4 Å². The number of aromatic nitrogens is 1. The first-order valence-electron chi connectivity index (χ1n) is 7.15. The molecule has 106 valence electrons. The molecule has 2 atom stereocenters. The molecule has 0 amide bonds. The fourth-order valence-corrected chi connectivity index (χ4v) is 2.41. The minimum absolute atomic E-state index is 0.292. The number of hydrogen-bond donors (Lipinski definition) is 1. The van der Waals surface area contributed by atoms with E-state index < -0.39 is 0 Å². The summed E-state index contributed by atoms with van der Waals surface area (Å²) in [5, 5.41) is 3.55. The molecule has 1 N–H and O–H groups in total. The minimum atomic E-state index is 0.292. The Morgan fingerprint density at radius 1 is 1.37 bits per heavy atom. The lowest BCUT2D eigenvalue weighted by atomic mass is 10.1. The van der Waals surface area contributed by atoms with Crippen LogP contribution in [0.3, 0.4) is 0 Å². The van der Waals surface area contributed by atoms with E-state index in [1.165, 1.54) is 5.56 Å². The van der Waals surface area contributed by atoms with E-state index in [0.717, 1.165) is 26.2 Å². The van der Waals surface area contributed by atoms with Crippen molar-refractivity contribution in [3.8, 4) is 0 Å². The summed E-state index contributed by atoms with van der Waals surface area (Å²) in [5.41, 5.74) is 1.27. The van der Waals surface area contributed by atoms with Crippen LogP contribution in [0.5, 0.6) is 0 Å². The topological polar surface area (TPSA) is 37.4 Å². The summed E-state index contributed by atoms with van der Waals surface area (Å²) in [5.74, 6) is 0. The lowest BCUT2D eigenvalue weighted by Crippen LogP contribution is -2.49. The molecule has 2 heterocycles. The Labute approximate surface area is 116 Å². The molecule has 2 rings (SSSR count). The second-order valence-electron chi connectivity index (χ2n) is 5.49. The van der Waals surface area contributed by atoms with Crippen molar-refractivity contribution in [2.45, 2.75) is 39.0 Å². The molecule has 0 aromatic carbocycles. The van der Waals surface area contributed by atoms with Crippen molar-refractivity contribution >= 4 is 0 Å². The molecule has 0 bridgehead atoms. The van der Waals surface area contributed by atoms with Gasteiger partial charge in [-0.3, -0.25) is 9.88 Å². The zero-order valence-electron chi connectivity index (χ0n) is 12.2. The van der Waals surface area contributed by atoms with E-state index in [0.29, 0.717) is 18.2 Å². The Morgan fingerprint density at radius 3 is 2.79 bits per heavy atom. The summed E-state index contributed by atoms with van der Waals surface area (Å²) in [4.78, 5) is 6.53. The van der Waals surface area contributed by atoms with Gasteiger partial charge in [0.15, 0.2) is 0 Å². The van der Waals surface area contributed by atoms with Crippen LogP contribution in [-0.4, -0.2) is 48.3 Å².